The van der Waals surface area contributed by atoms with Crippen LogP contribution in [0.1, 0.15) is 18.4 Å². The van der Waals surface area contributed by atoms with Crippen molar-refractivity contribution in [3.63, 3.8) is 0 Å². The number of para-hydroxylation sites is 1. The Morgan fingerprint density at radius 2 is 1.88 bits per heavy atom. The van der Waals surface area contributed by atoms with Crippen LogP contribution in [0, 0.1) is 5.82 Å². The number of rotatable bonds is 7. The number of aryl methyl sites for hydroxylation is 1. The molecule has 0 saturated carbocycles. The third-order valence-corrected chi connectivity index (χ3v) is 4.28. The van der Waals surface area contributed by atoms with Crippen LogP contribution < -0.4 is 10.2 Å². The van der Waals surface area contributed by atoms with E-state index < -0.39 is 6.09 Å². The molecule has 1 atom stereocenters. The Hall–Kier alpha value is -2.89. The molecule has 5 nitrogen and oxygen atoms in total. The van der Waals surface area contributed by atoms with Gasteiger partial charge in [-0.3, -0.25) is 9.69 Å². The Labute approximate surface area is 151 Å². The summed E-state index contributed by atoms with van der Waals surface area (Å²) in [5.41, 5.74) is 1.39. The SMILES string of the molecule is O=C(CCCc1ccccc1F)NCC1CN(c2ccccc2)C(=O)O1. The number of hydrogen-bond donors (Lipinski definition) is 1. The summed E-state index contributed by atoms with van der Waals surface area (Å²) in [6.07, 6.45) is 0.596. The van der Waals surface area contributed by atoms with Gasteiger partial charge < -0.3 is 10.1 Å². The normalized spacial score (nSPS) is 16.4. The number of nitrogens with zero attached hydrogens (tertiary/aromatic N) is 1. The number of cyclic esters (lactones) is 1. The van der Waals surface area contributed by atoms with Crippen LogP contribution in [0.4, 0.5) is 14.9 Å². The lowest BCUT2D eigenvalue weighted by molar-refractivity contribution is -0.121. The van der Waals surface area contributed by atoms with Gasteiger partial charge in [0.25, 0.3) is 0 Å². The van der Waals surface area contributed by atoms with Crippen LogP contribution in [0.25, 0.3) is 0 Å². The van der Waals surface area contributed by atoms with Crippen molar-refractivity contribution in [3.05, 3.63) is 66.0 Å². The summed E-state index contributed by atoms with van der Waals surface area (Å²) in [6, 6.07) is 15.8. The second kappa shape index (κ2) is 8.47. The van der Waals surface area contributed by atoms with E-state index in [4.69, 9.17) is 4.74 Å². The topological polar surface area (TPSA) is 58.6 Å². The molecular formula is C20H21FN2O3. The molecule has 0 aliphatic carbocycles. The summed E-state index contributed by atoms with van der Waals surface area (Å²) in [5, 5.41) is 2.78. The first-order chi connectivity index (χ1) is 12.6. The Kier molecular flexibility index (Phi) is 5.84. The smallest absolute Gasteiger partial charge is 0.414 e. The molecule has 2 aromatic carbocycles. The molecule has 1 heterocycles. The molecule has 1 fully saturated rings. The first kappa shape index (κ1) is 17.9. The van der Waals surface area contributed by atoms with Crippen LogP contribution in [0.15, 0.2) is 54.6 Å². The van der Waals surface area contributed by atoms with Crippen LogP contribution in [-0.2, 0) is 16.0 Å². The van der Waals surface area contributed by atoms with E-state index in [0.717, 1.165) is 5.69 Å². The van der Waals surface area contributed by atoms with Gasteiger partial charge in [0.15, 0.2) is 0 Å². The van der Waals surface area contributed by atoms with Gasteiger partial charge in [0, 0.05) is 12.1 Å². The summed E-state index contributed by atoms with van der Waals surface area (Å²) in [7, 11) is 0. The molecule has 26 heavy (non-hydrogen) atoms. The van der Waals surface area contributed by atoms with Crippen molar-refractivity contribution >= 4 is 17.7 Å². The maximum Gasteiger partial charge on any atom is 0.414 e. The lowest BCUT2D eigenvalue weighted by Crippen LogP contribution is -2.34. The standard InChI is InChI=1S/C20H21FN2O3/c21-18-11-5-4-7-15(18)8-6-12-19(24)22-13-17-14-23(20(25)26-17)16-9-2-1-3-10-16/h1-5,7,9-11,17H,6,8,12-14H2,(H,22,24). The number of hydrogen-bond acceptors (Lipinski definition) is 3. The summed E-state index contributed by atoms with van der Waals surface area (Å²) >= 11 is 0. The number of anilines is 1. The average molecular weight is 356 g/mol. The second-order valence-electron chi connectivity index (χ2n) is 6.20. The lowest BCUT2D eigenvalue weighted by atomic mass is 10.1. The fourth-order valence-electron chi connectivity index (χ4n) is 2.90. The van der Waals surface area contributed by atoms with E-state index >= 15 is 0 Å². The monoisotopic (exact) mass is 356 g/mol. The van der Waals surface area contributed by atoms with E-state index in [1.54, 1.807) is 23.1 Å². The minimum absolute atomic E-state index is 0.129. The highest BCUT2D eigenvalue weighted by Crippen LogP contribution is 2.20. The van der Waals surface area contributed by atoms with Crippen LogP contribution >= 0.6 is 0 Å². The predicted octanol–water partition coefficient (Wildman–Crippen LogP) is 3.29. The quantitative estimate of drug-likeness (QED) is 0.828. The second-order valence-corrected chi connectivity index (χ2v) is 6.20. The molecule has 0 bridgehead atoms. The summed E-state index contributed by atoms with van der Waals surface area (Å²) in [5.74, 6) is -0.373. The number of ether oxygens (including phenoxy) is 1. The van der Waals surface area contributed by atoms with Crippen molar-refractivity contribution in [3.8, 4) is 0 Å². The molecule has 1 N–H and O–H groups in total. The zero-order valence-corrected chi connectivity index (χ0v) is 14.4. The molecule has 3 rings (SSSR count). The molecule has 2 amide bonds. The van der Waals surface area contributed by atoms with Gasteiger partial charge >= 0.3 is 6.09 Å². The molecule has 1 saturated heterocycles. The van der Waals surface area contributed by atoms with Crippen LogP contribution in [0.3, 0.4) is 0 Å². The van der Waals surface area contributed by atoms with Crippen molar-refractivity contribution in [1.29, 1.82) is 0 Å². The summed E-state index contributed by atoms with van der Waals surface area (Å²) in [4.78, 5) is 25.4. The van der Waals surface area contributed by atoms with Gasteiger partial charge in [0.05, 0.1) is 13.1 Å². The highest BCUT2D eigenvalue weighted by atomic mass is 19.1. The Balaban J connectivity index is 1.40. The number of benzene rings is 2. The minimum Gasteiger partial charge on any atom is -0.442 e. The van der Waals surface area contributed by atoms with Gasteiger partial charge in [-0.15, -0.1) is 0 Å². The van der Waals surface area contributed by atoms with Crippen LogP contribution in [0.2, 0.25) is 0 Å². The molecule has 0 spiro atoms. The fraction of sp³-hybridized carbons (Fsp3) is 0.300. The lowest BCUT2D eigenvalue weighted by Gasteiger charge is -2.12. The van der Waals surface area contributed by atoms with Crippen molar-refractivity contribution < 1.29 is 18.7 Å². The Morgan fingerprint density at radius 1 is 1.15 bits per heavy atom. The zero-order valence-electron chi connectivity index (χ0n) is 14.4. The summed E-state index contributed by atoms with van der Waals surface area (Å²) < 4.78 is 18.8. The average Bonchev–Trinajstić information content (AvgIpc) is 3.03. The van der Waals surface area contributed by atoms with Gasteiger partial charge in [-0.2, -0.15) is 0 Å². The molecule has 2 aromatic rings. The molecule has 1 unspecified atom stereocenters. The maximum atomic E-state index is 13.5. The highest BCUT2D eigenvalue weighted by Gasteiger charge is 2.32. The van der Waals surface area contributed by atoms with E-state index in [1.165, 1.54) is 6.07 Å². The fourth-order valence-corrected chi connectivity index (χ4v) is 2.90. The number of carbonyl (C=O) groups is 2. The highest BCUT2D eigenvalue weighted by molar-refractivity contribution is 5.89. The molecule has 6 heteroatoms. The predicted molar refractivity (Wildman–Crippen MR) is 96.4 cm³/mol. The molecule has 1 aliphatic heterocycles. The van der Waals surface area contributed by atoms with Gasteiger partial charge in [0.1, 0.15) is 11.9 Å². The Bertz CT molecular complexity index is 767. The molecular weight excluding hydrogens is 335 g/mol. The minimum atomic E-state index is -0.407. The third kappa shape index (κ3) is 4.59. The molecule has 0 radical (unpaired) electrons. The molecule has 136 valence electrons. The van der Waals surface area contributed by atoms with Gasteiger partial charge in [-0.1, -0.05) is 36.4 Å². The first-order valence-corrected chi connectivity index (χ1v) is 8.67. The zero-order chi connectivity index (χ0) is 18.4. The molecule has 0 aromatic heterocycles. The van der Waals surface area contributed by atoms with Crippen molar-refractivity contribution in [1.82, 2.24) is 5.32 Å². The van der Waals surface area contributed by atoms with Crippen molar-refractivity contribution in [2.45, 2.75) is 25.4 Å². The van der Waals surface area contributed by atoms with E-state index in [9.17, 15) is 14.0 Å². The number of halogens is 1. The van der Waals surface area contributed by atoms with E-state index in [0.29, 0.717) is 31.4 Å². The largest absolute Gasteiger partial charge is 0.442 e. The van der Waals surface area contributed by atoms with Crippen LogP contribution in [-0.4, -0.2) is 31.2 Å². The first-order valence-electron chi connectivity index (χ1n) is 8.67. The number of carbonyl (C=O) groups excluding carboxylic acids is 2. The van der Waals surface area contributed by atoms with Crippen molar-refractivity contribution in [2.24, 2.45) is 0 Å². The van der Waals surface area contributed by atoms with Crippen molar-refractivity contribution in [2.75, 3.05) is 18.0 Å². The van der Waals surface area contributed by atoms with Gasteiger partial charge in [-0.05, 0) is 36.6 Å². The Morgan fingerprint density at radius 3 is 2.65 bits per heavy atom. The number of nitrogens with one attached hydrogen (secondary N) is 1. The number of amides is 2. The van der Waals surface area contributed by atoms with E-state index in [1.807, 2.05) is 30.3 Å². The van der Waals surface area contributed by atoms with Crippen LogP contribution in [0.5, 0.6) is 0 Å². The van der Waals surface area contributed by atoms with Gasteiger partial charge in [-0.25, -0.2) is 9.18 Å². The maximum absolute atomic E-state index is 13.5. The molecule has 1 aliphatic rings. The van der Waals surface area contributed by atoms with Gasteiger partial charge in [0.2, 0.25) is 5.91 Å². The third-order valence-electron chi connectivity index (χ3n) is 4.28. The van der Waals surface area contributed by atoms with E-state index in [-0.39, 0.29) is 24.4 Å². The van der Waals surface area contributed by atoms with E-state index in [2.05, 4.69) is 5.32 Å². The summed E-state index contributed by atoms with van der Waals surface area (Å²) in [6.45, 7) is 0.673.